The maximum absolute atomic E-state index is 13.7. The van der Waals surface area contributed by atoms with Crippen LogP contribution in [0.2, 0.25) is 5.02 Å². The molecular formula is C24H23ClFNO5. The molecule has 1 aliphatic carbocycles. The van der Waals surface area contributed by atoms with E-state index in [0.717, 1.165) is 0 Å². The Balaban J connectivity index is 1.90. The van der Waals surface area contributed by atoms with Crippen LogP contribution in [-0.4, -0.2) is 33.0 Å². The number of rotatable bonds is 5. The van der Waals surface area contributed by atoms with Crippen molar-refractivity contribution in [1.82, 2.24) is 0 Å². The van der Waals surface area contributed by atoms with Gasteiger partial charge in [-0.05, 0) is 37.1 Å². The molecule has 6 nitrogen and oxygen atoms in total. The van der Waals surface area contributed by atoms with E-state index in [4.69, 9.17) is 25.8 Å². The molecule has 4 rings (SSSR count). The van der Waals surface area contributed by atoms with Gasteiger partial charge in [0.15, 0.2) is 17.3 Å². The number of carbonyl (C=O) groups is 2. The summed E-state index contributed by atoms with van der Waals surface area (Å²) in [5.74, 6) is 0.0315. The van der Waals surface area contributed by atoms with E-state index >= 15 is 0 Å². The van der Waals surface area contributed by atoms with Gasteiger partial charge in [-0.1, -0.05) is 17.7 Å². The van der Waals surface area contributed by atoms with Crippen LogP contribution in [0.4, 0.5) is 10.1 Å². The van der Waals surface area contributed by atoms with Gasteiger partial charge in [-0.15, -0.1) is 0 Å². The lowest BCUT2D eigenvalue weighted by Gasteiger charge is -2.38. The molecule has 168 valence electrons. The van der Waals surface area contributed by atoms with Gasteiger partial charge in [-0.25, -0.2) is 4.39 Å². The molecule has 0 fully saturated rings. The molecule has 1 heterocycles. The summed E-state index contributed by atoms with van der Waals surface area (Å²) in [6.45, 7) is 0. The molecule has 0 saturated heterocycles. The van der Waals surface area contributed by atoms with Crippen LogP contribution in [0.3, 0.4) is 0 Å². The SMILES string of the molecule is COc1ccc([C@H]2CC(=O)N(c3ccc(F)c(Cl)c3)C3=C2C(=O)CCC3)c(OC)c1OC. The molecule has 2 aromatic carbocycles. The standard InChI is InChI=1S/C24H23ClFNO5/c1-30-20-10-8-14(23(31-2)24(20)32-3)15-12-21(29)27(13-7-9-17(26)16(25)11-13)18-5-4-6-19(28)22(15)18/h7-11,15H,4-6,12H2,1-3H3/t15-/m1/s1. The summed E-state index contributed by atoms with van der Waals surface area (Å²) in [5.41, 5.74) is 2.32. The van der Waals surface area contributed by atoms with E-state index in [2.05, 4.69) is 0 Å². The molecule has 0 N–H and O–H groups in total. The van der Waals surface area contributed by atoms with Crippen molar-refractivity contribution in [1.29, 1.82) is 0 Å². The molecular weight excluding hydrogens is 437 g/mol. The number of hydrogen-bond acceptors (Lipinski definition) is 5. The van der Waals surface area contributed by atoms with Gasteiger partial charge in [0.2, 0.25) is 11.7 Å². The molecule has 0 radical (unpaired) electrons. The minimum atomic E-state index is -0.568. The molecule has 2 aliphatic rings. The third-order valence-corrected chi connectivity index (χ3v) is 6.24. The van der Waals surface area contributed by atoms with Crippen LogP contribution in [0.25, 0.3) is 0 Å². The molecule has 1 aliphatic heterocycles. The zero-order valence-corrected chi connectivity index (χ0v) is 18.8. The van der Waals surface area contributed by atoms with Gasteiger partial charge in [-0.3, -0.25) is 14.5 Å². The number of nitrogens with zero attached hydrogens (tertiary/aromatic N) is 1. The highest BCUT2D eigenvalue weighted by Crippen LogP contribution is 2.49. The van der Waals surface area contributed by atoms with Crippen LogP contribution < -0.4 is 19.1 Å². The number of halogens is 2. The van der Waals surface area contributed by atoms with Crippen LogP contribution in [0.1, 0.15) is 37.2 Å². The molecule has 0 aromatic heterocycles. The normalized spacial score (nSPS) is 18.5. The Morgan fingerprint density at radius 2 is 1.75 bits per heavy atom. The smallest absolute Gasteiger partial charge is 0.232 e. The second-order valence-corrected chi connectivity index (χ2v) is 8.05. The Morgan fingerprint density at radius 3 is 2.41 bits per heavy atom. The van der Waals surface area contributed by atoms with Crippen LogP contribution >= 0.6 is 11.6 Å². The second kappa shape index (κ2) is 8.82. The topological polar surface area (TPSA) is 65.1 Å². The average Bonchev–Trinajstić information content (AvgIpc) is 2.79. The number of allylic oxidation sites excluding steroid dienone is 2. The van der Waals surface area contributed by atoms with E-state index in [9.17, 15) is 14.0 Å². The van der Waals surface area contributed by atoms with Gasteiger partial charge in [0, 0.05) is 35.6 Å². The summed E-state index contributed by atoms with van der Waals surface area (Å²) >= 11 is 5.97. The lowest BCUT2D eigenvalue weighted by Crippen LogP contribution is -2.40. The van der Waals surface area contributed by atoms with E-state index in [1.807, 2.05) is 0 Å². The number of amides is 1. The van der Waals surface area contributed by atoms with Crippen molar-refractivity contribution in [2.45, 2.75) is 31.6 Å². The minimum absolute atomic E-state index is 0.0150. The Kier molecular flexibility index (Phi) is 6.11. The third-order valence-electron chi connectivity index (χ3n) is 5.95. The number of methoxy groups -OCH3 is 3. The van der Waals surface area contributed by atoms with Gasteiger partial charge in [0.25, 0.3) is 0 Å². The monoisotopic (exact) mass is 459 g/mol. The van der Waals surface area contributed by atoms with Gasteiger partial charge >= 0.3 is 0 Å². The molecule has 0 bridgehead atoms. The van der Waals surface area contributed by atoms with Crippen molar-refractivity contribution in [3.63, 3.8) is 0 Å². The first kappa shape index (κ1) is 22.1. The lowest BCUT2D eigenvalue weighted by molar-refractivity contribution is -0.119. The van der Waals surface area contributed by atoms with Crippen molar-refractivity contribution in [3.8, 4) is 17.2 Å². The molecule has 2 aromatic rings. The highest BCUT2D eigenvalue weighted by Gasteiger charge is 2.41. The predicted octanol–water partition coefficient (Wildman–Crippen LogP) is 5.03. The van der Waals surface area contributed by atoms with Crippen LogP contribution in [0.5, 0.6) is 17.2 Å². The maximum atomic E-state index is 13.7. The fourth-order valence-electron chi connectivity index (χ4n) is 4.58. The molecule has 32 heavy (non-hydrogen) atoms. The number of carbonyl (C=O) groups excluding carboxylic acids is 2. The highest BCUT2D eigenvalue weighted by molar-refractivity contribution is 6.31. The summed E-state index contributed by atoms with van der Waals surface area (Å²) in [6, 6.07) is 7.67. The Labute approximate surface area is 190 Å². The van der Waals surface area contributed by atoms with Crippen LogP contribution in [0, 0.1) is 5.82 Å². The summed E-state index contributed by atoms with van der Waals surface area (Å²) in [6.07, 6.45) is 1.63. The van der Waals surface area contributed by atoms with Crippen LogP contribution in [0.15, 0.2) is 41.6 Å². The minimum Gasteiger partial charge on any atom is -0.493 e. The van der Waals surface area contributed by atoms with Gasteiger partial charge in [0.05, 0.1) is 32.0 Å². The summed E-state index contributed by atoms with van der Waals surface area (Å²) < 4.78 is 30.2. The van der Waals surface area contributed by atoms with Gasteiger partial charge in [-0.2, -0.15) is 0 Å². The zero-order chi connectivity index (χ0) is 23.0. The van der Waals surface area contributed by atoms with Gasteiger partial charge < -0.3 is 14.2 Å². The van der Waals surface area contributed by atoms with Crippen molar-refractivity contribution in [3.05, 3.63) is 58.0 Å². The summed E-state index contributed by atoms with van der Waals surface area (Å²) in [7, 11) is 4.54. The van der Waals surface area contributed by atoms with Crippen molar-refractivity contribution < 1.29 is 28.2 Å². The average molecular weight is 460 g/mol. The summed E-state index contributed by atoms with van der Waals surface area (Å²) in [4.78, 5) is 28.0. The zero-order valence-electron chi connectivity index (χ0n) is 18.0. The first-order valence-electron chi connectivity index (χ1n) is 10.2. The molecule has 8 heteroatoms. The number of benzene rings is 2. The quantitative estimate of drug-likeness (QED) is 0.627. The number of anilines is 1. The molecule has 1 amide bonds. The first-order valence-corrected chi connectivity index (χ1v) is 10.6. The van der Waals surface area contributed by atoms with E-state index < -0.39 is 11.7 Å². The Morgan fingerprint density at radius 1 is 1.00 bits per heavy atom. The van der Waals surface area contributed by atoms with Crippen molar-refractivity contribution >= 4 is 29.0 Å². The Bertz CT molecular complexity index is 1130. The number of Topliss-reactive ketones (excluding diaryl/α,β-unsaturated/α-hetero) is 1. The van der Waals surface area contributed by atoms with Crippen molar-refractivity contribution in [2.24, 2.45) is 0 Å². The molecule has 0 saturated carbocycles. The van der Waals surface area contributed by atoms with Crippen LogP contribution in [-0.2, 0) is 9.59 Å². The summed E-state index contributed by atoms with van der Waals surface area (Å²) in [5, 5.41) is -0.0803. The predicted molar refractivity (Wildman–Crippen MR) is 118 cm³/mol. The first-order chi connectivity index (χ1) is 15.4. The number of ether oxygens (including phenoxy) is 3. The number of ketones is 1. The molecule has 1 atom stereocenters. The highest BCUT2D eigenvalue weighted by atomic mass is 35.5. The van der Waals surface area contributed by atoms with E-state index in [1.165, 1.54) is 44.4 Å². The lowest BCUT2D eigenvalue weighted by atomic mass is 9.76. The fraction of sp³-hybridized carbons (Fsp3) is 0.333. The Hall–Kier alpha value is -3.06. The number of hydrogen-bond donors (Lipinski definition) is 0. The van der Waals surface area contributed by atoms with E-state index in [1.54, 1.807) is 12.1 Å². The second-order valence-electron chi connectivity index (χ2n) is 7.64. The maximum Gasteiger partial charge on any atom is 0.232 e. The van der Waals surface area contributed by atoms with E-state index in [0.29, 0.717) is 59.0 Å². The largest absolute Gasteiger partial charge is 0.493 e. The van der Waals surface area contributed by atoms with Gasteiger partial charge in [0.1, 0.15) is 5.82 Å². The molecule has 0 unspecified atom stereocenters. The third kappa shape index (κ3) is 3.60. The fourth-order valence-corrected chi connectivity index (χ4v) is 4.76. The van der Waals surface area contributed by atoms with E-state index in [-0.39, 0.29) is 23.1 Å². The molecule has 0 spiro atoms. The van der Waals surface area contributed by atoms with Crippen molar-refractivity contribution in [2.75, 3.05) is 26.2 Å².